The molecule has 1 rings (SSSR count). The van der Waals surface area contributed by atoms with Crippen LogP contribution in [0.15, 0.2) is 0 Å². The van der Waals surface area contributed by atoms with Gasteiger partial charge in [-0.15, -0.1) is 0 Å². The molecule has 3 heteroatoms. The van der Waals surface area contributed by atoms with Gasteiger partial charge in [0.05, 0.1) is 18.8 Å². The fraction of sp³-hybridized carbons (Fsp3) is 1.00. The van der Waals surface area contributed by atoms with Gasteiger partial charge in [-0.25, -0.2) is 0 Å². The molecule has 0 bridgehead atoms. The lowest BCUT2D eigenvalue weighted by molar-refractivity contribution is 0.152. The summed E-state index contributed by atoms with van der Waals surface area (Å²) in [6, 6.07) is 0.306. The first-order valence-corrected chi connectivity index (χ1v) is 9.34. The van der Waals surface area contributed by atoms with E-state index in [1.165, 1.54) is 70.6 Å². The van der Waals surface area contributed by atoms with Gasteiger partial charge in [0.2, 0.25) is 0 Å². The molecule has 3 atom stereocenters. The second kappa shape index (κ2) is 12.4. The molecule has 0 radical (unpaired) electrons. The van der Waals surface area contributed by atoms with Crippen molar-refractivity contribution in [2.75, 3.05) is 6.61 Å². The molecule has 3 nitrogen and oxygen atoms in total. The highest BCUT2D eigenvalue weighted by atomic mass is 16.3. The first kappa shape index (κ1) is 18.9. The van der Waals surface area contributed by atoms with Gasteiger partial charge >= 0.3 is 0 Å². The van der Waals surface area contributed by atoms with E-state index in [2.05, 4.69) is 12.2 Å². The molecule has 0 aliphatic carbocycles. The van der Waals surface area contributed by atoms with Crippen molar-refractivity contribution in [1.82, 2.24) is 5.32 Å². The third-order valence-corrected chi connectivity index (χ3v) is 4.70. The van der Waals surface area contributed by atoms with E-state index in [9.17, 15) is 5.11 Å². The van der Waals surface area contributed by atoms with Gasteiger partial charge in [0.1, 0.15) is 0 Å². The average molecular weight is 299 g/mol. The predicted molar refractivity (Wildman–Crippen MR) is 89.5 cm³/mol. The van der Waals surface area contributed by atoms with Crippen molar-refractivity contribution in [2.24, 2.45) is 0 Å². The maximum atomic E-state index is 9.88. The molecular weight excluding hydrogens is 262 g/mol. The molecule has 0 aromatic carbocycles. The Hall–Kier alpha value is -0.120. The molecule has 3 N–H and O–H groups in total. The zero-order valence-corrected chi connectivity index (χ0v) is 14.0. The molecule has 126 valence electrons. The van der Waals surface area contributed by atoms with Crippen molar-refractivity contribution in [3.8, 4) is 0 Å². The summed E-state index contributed by atoms with van der Waals surface area (Å²) in [6.07, 6.45) is 16.9. The van der Waals surface area contributed by atoms with Crippen molar-refractivity contribution in [3.05, 3.63) is 0 Å². The van der Waals surface area contributed by atoms with Gasteiger partial charge in [-0.05, 0) is 6.42 Å². The number of nitrogens with one attached hydrogen (secondary N) is 1. The Kier molecular flexibility index (Phi) is 11.2. The van der Waals surface area contributed by atoms with Crippen LogP contribution in [0.1, 0.15) is 90.4 Å². The standard InChI is InChI=1S/C18H37NO2/c1-2-3-4-5-6-7-8-9-10-11-12-13-14-17(21)18-16(15-20)19-18/h16-21H,2-15H2,1H3/t16-,17+,18-/m1/s1. The van der Waals surface area contributed by atoms with Gasteiger partial charge in [-0.2, -0.15) is 0 Å². The largest absolute Gasteiger partial charge is 0.395 e. The van der Waals surface area contributed by atoms with E-state index in [1.54, 1.807) is 0 Å². The second-order valence-corrected chi connectivity index (χ2v) is 6.73. The maximum absolute atomic E-state index is 9.88. The van der Waals surface area contributed by atoms with E-state index in [4.69, 9.17) is 5.11 Å². The molecule has 0 aromatic rings. The zero-order valence-electron chi connectivity index (χ0n) is 14.0. The molecule has 1 saturated heterocycles. The first-order valence-electron chi connectivity index (χ1n) is 9.34. The normalized spacial score (nSPS) is 22.4. The number of aliphatic hydroxyl groups is 2. The predicted octanol–water partition coefficient (Wildman–Crippen LogP) is 3.77. The summed E-state index contributed by atoms with van der Waals surface area (Å²) in [5.74, 6) is 0. The van der Waals surface area contributed by atoms with Crippen LogP contribution in [-0.2, 0) is 0 Å². The first-order chi connectivity index (χ1) is 10.3. The Morgan fingerprint density at radius 1 is 0.810 bits per heavy atom. The topological polar surface area (TPSA) is 62.4 Å². The molecule has 0 unspecified atom stereocenters. The minimum atomic E-state index is -0.259. The molecular formula is C18H37NO2. The highest BCUT2D eigenvalue weighted by Crippen LogP contribution is 2.19. The summed E-state index contributed by atoms with van der Waals surface area (Å²) in [5, 5.41) is 21.9. The maximum Gasteiger partial charge on any atom is 0.0709 e. The summed E-state index contributed by atoms with van der Waals surface area (Å²) >= 11 is 0. The monoisotopic (exact) mass is 299 g/mol. The van der Waals surface area contributed by atoms with Crippen LogP contribution in [0.25, 0.3) is 0 Å². The molecule has 0 aromatic heterocycles. The van der Waals surface area contributed by atoms with Crippen molar-refractivity contribution in [2.45, 2.75) is 109 Å². The third-order valence-electron chi connectivity index (χ3n) is 4.70. The molecule has 0 amide bonds. The number of hydrogen-bond acceptors (Lipinski definition) is 3. The number of rotatable bonds is 15. The van der Waals surface area contributed by atoms with Gasteiger partial charge in [-0.3, -0.25) is 0 Å². The highest BCUT2D eigenvalue weighted by molar-refractivity contribution is 5.01. The summed E-state index contributed by atoms with van der Waals surface area (Å²) in [5.41, 5.74) is 0. The van der Waals surface area contributed by atoms with Gasteiger partial charge in [-0.1, -0.05) is 84.0 Å². The average Bonchev–Trinajstić information content (AvgIpc) is 3.28. The van der Waals surface area contributed by atoms with E-state index in [1.807, 2.05) is 0 Å². The Labute approximate surface area is 131 Å². The van der Waals surface area contributed by atoms with Crippen molar-refractivity contribution < 1.29 is 10.2 Å². The second-order valence-electron chi connectivity index (χ2n) is 6.73. The molecule has 1 fully saturated rings. The Balaban J connectivity index is 1.73. The van der Waals surface area contributed by atoms with Crippen molar-refractivity contribution in [1.29, 1.82) is 0 Å². The molecule has 1 heterocycles. The summed E-state index contributed by atoms with van der Waals surface area (Å²) in [4.78, 5) is 0. The summed E-state index contributed by atoms with van der Waals surface area (Å²) in [6.45, 7) is 2.42. The fourth-order valence-corrected chi connectivity index (χ4v) is 3.11. The minimum Gasteiger partial charge on any atom is -0.395 e. The van der Waals surface area contributed by atoms with Crippen LogP contribution in [0.4, 0.5) is 0 Å². The van der Waals surface area contributed by atoms with E-state index < -0.39 is 0 Å². The lowest BCUT2D eigenvalue weighted by atomic mass is 10.0. The van der Waals surface area contributed by atoms with Crippen LogP contribution in [0, 0.1) is 0 Å². The lowest BCUT2D eigenvalue weighted by Gasteiger charge is -2.08. The smallest absolute Gasteiger partial charge is 0.0709 e. The fourth-order valence-electron chi connectivity index (χ4n) is 3.11. The number of unbranched alkanes of at least 4 members (excludes halogenated alkanes) is 11. The summed E-state index contributed by atoms with van der Waals surface area (Å²) < 4.78 is 0. The van der Waals surface area contributed by atoms with Crippen LogP contribution in [0.3, 0.4) is 0 Å². The molecule has 1 aliphatic rings. The summed E-state index contributed by atoms with van der Waals surface area (Å²) in [7, 11) is 0. The lowest BCUT2D eigenvalue weighted by Crippen LogP contribution is -2.18. The molecule has 0 saturated carbocycles. The Bertz CT molecular complexity index is 235. The van der Waals surface area contributed by atoms with Crippen LogP contribution in [-0.4, -0.2) is 35.0 Å². The van der Waals surface area contributed by atoms with E-state index in [0.29, 0.717) is 0 Å². The van der Waals surface area contributed by atoms with Crippen LogP contribution in [0.5, 0.6) is 0 Å². The number of hydrogen-bond donors (Lipinski definition) is 3. The van der Waals surface area contributed by atoms with Gasteiger partial charge in [0.25, 0.3) is 0 Å². The van der Waals surface area contributed by atoms with Crippen molar-refractivity contribution >= 4 is 0 Å². The molecule has 1 aliphatic heterocycles. The quantitative estimate of drug-likeness (QED) is 0.318. The van der Waals surface area contributed by atoms with Crippen LogP contribution < -0.4 is 5.32 Å². The van der Waals surface area contributed by atoms with E-state index in [-0.39, 0.29) is 24.8 Å². The Morgan fingerprint density at radius 3 is 1.71 bits per heavy atom. The van der Waals surface area contributed by atoms with Gasteiger partial charge < -0.3 is 15.5 Å². The van der Waals surface area contributed by atoms with Gasteiger partial charge in [0, 0.05) is 6.04 Å². The number of aliphatic hydroxyl groups excluding tert-OH is 2. The zero-order chi connectivity index (χ0) is 15.3. The van der Waals surface area contributed by atoms with Crippen molar-refractivity contribution in [3.63, 3.8) is 0 Å². The van der Waals surface area contributed by atoms with Gasteiger partial charge in [0.15, 0.2) is 0 Å². The molecule has 21 heavy (non-hydrogen) atoms. The third kappa shape index (κ3) is 9.49. The Morgan fingerprint density at radius 2 is 1.29 bits per heavy atom. The van der Waals surface area contributed by atoms with Crippen LogP contribution in [0.2, 0.25) is 0 Å². The minimum absolute atomic E-state index is 0.150. The van der Waals surface area contributed by atoms with Crippen LogP contribution >= 0.6 is 0 Å². The highest BCUT2D eigenvalue weighted by Gasteiger charge is 2.40. The van der Waals surface area contributed by atoms with E-state index >= 15 is 0 Å². The van der Waals surface area contributed by atoms with E-state index in [0.717, 1.165) is 12.8 Å². The SMILES string of the molecule is CCCCCCCCCCCCCC[C@H](O)[C@@H]1N[C@@H]1CO. The molecule has 0 spiro atoms.